The minimum absolute atomic E-state index is 0.0728. The highest BCUT2D eigenvalue weighted by molar-refractivity contribution is 9.10. The zero-order chi connectivity index (χ0) is 16.4. The van der Waals surface area contributed by atoms with E-state index in [1.807, 2.05) is 11.9 Å². The summed E-state index contributed by atoms with van der Waals surface area (Å²) >= 11 is 3.41. The molecule has 122 valence electrons. The molecule has 1 N–H and O–H groups in total. The fourth-order valence-electron chi connectivity index (χ4n) is 2.85. The second kappa shape index (κ2) is 6.80. The summed E-state index contributed by atoms with van der Waals surface area (Å²) < 4.78 is 15.2. The summed E-state index contributed by atoms with van der Waals surface area (Å²) in [5, 5.41) is 7.52. The van der Waals surface area contributed by atoms with Gasteiger partial charge in [-0.1, -0.05) is 0 Å². The SMILES string of the molecule is CNCC1CCN(C(=O)c2nn(-c3ccc(F)cc3)cc2Br)C1. The summed E-state index contributed by atoms with van der Waals surface area (Å²) in [7, 11) is 1.92. The molecule has 3 rings (SSSR count). The topological polar surface area (TPSA) is 50.2 Å². The van der Waals surface area contributed by atoms with Crippen molar-refractivity contribution in [2.75, 3.05) is 26.7 Å². The smallest absolute Gasteiger partial charge is 0.275 e. The molecule has 1 unspecified atom stereocenters. The van der Waals surface area contributed by atoms with E-state index in [0.29, 0.717) is 21.8 Å². The van der Waals surface area contributed by atoms with Crippen LogP contribution in [-0.2, 0) is 0 Å². The Morgan fingerprint density at radius 2 is 2.17 bits per heavy atom. The molecule has 0 aliphatic carbocycles. The van der Waals surface area contributed by atoms with Crippen LogP contribution >= 0.6 is 15.9 Å². The van der Waals surface area contributed by atoms with E-state index < -0.39 is 0 Å². The van der Waals surface area contributed by atoms with Crippen LogP contribution in [0.25, 0.3) is 5.69 Å². The second-order valence-electron chi connectivity index (χ2n) is 5.71. The van der Waals surface area contributed by atoms with E-state index in [-0.39, 0.29) is 11.7 Å². The highest BCUT2D eigenvalue weighted by Gasteiger charge is 2.29. The van der Waals surface area contributed by atoms with Crippen molar-refractivity contribution in [2.45, 2.75) is 6.42 Å². The maximum atomic E-state index is 13.0. The molecule has 7 heteroatoms. The molecule has 0 saturated carbocycles. The Morgan fingerprint density at radius 3 is 2.87 bits per heavy atom. The molecule has 1 aliphatic heterocycles. The van der Waals surface area contributed by atoms with Crippen LogP contribution in [0.1, 0.15) is 16.9 Å². The summed E-state index contributed by atoms with van der Waals surface area (Å²) in [6, 6.07) is 5.99. The zero-order valence-electron chi connectivity index (χ0n) is 12.8. The number of hydrogen-bond acceptors (Lipinski definition) is 3. The van der Waals surface area contributed by atoms with Crippen molar-refractivity contribution in [1.29, 1.82) is 0 Å². The van der Waals surface area contributed by atoms with Crippen LogP contribution in [0.2, 0.25) is 0 Å². The lowest BCUT2D eigenvalue weighted by Crippen LogP contribution is -2.31. The number of likely N-dealkylation sites (tertiary alicyclic amines) is 1. The Bertz CT molecular complexity index is 701. The minimum Gasteiger partial charge on any atom is -0.337 e. The average Bonchev–Trinajstić information content (AvgIpc) is 3.15. The quantitative estimate of drug-likeness (QED) is 0.886. The predicted molar refractivity (Wildman–Crippen MR) is 89.2 cm³/mol. The molecule has 5 nitrogen and oxygen atoms in total. The lowest BCUT2D eigenvalue weighted by molar-refractivity contribution is 0.0780. The van der Waals surface area contributed by atoms with Gasteiger partial charge in [-0.3, -0.25) is 4.79 Å². The first-order valence-electron chi connectivity index (χ1n) is 7.53. The monoisotopic (exact) mass is 380 g/mol. The number of carbonyl (C=O) groups excluding carboxylic acids is 1. The molecule has 1 aliphatic rings. The van der Waals surface area contributed by atoms with E-state index in [4.69, 9.17) is 0 Å². The van der Waals surface area contributed by atoms with Crippen molar-refractivity contribution in [1.82, 2.24) is 20.0 Å². The van der Waals surface area contributed by atoms with Crippen LogP contribution in [-0.4, -0.2) is 47.3 Å². The van der Waals surface area contributed by atoms with Crippen molar-refractivity contribution >= 4 is 21.8 Å². The molecule has 1 atom stereocenters. The van der Waals surface area contributed by atoms with Gasteiger partial charge in [-0.15, -0.1) is 0 Å². The van der Waals surface area contributed by atoms with Gasteiger partial charge in [0.05, 0.1) is 10.2 Å². The van der Waals surface area contributed by atoms with Crippen molar-refractivity contribution in [3.05, 3.63) is 46.4 Å². The Labute approximate surface area is 142 Å². The molecule has 23 heavy (non-hydrogen) atoms. The first kappa shape index (κ1) is 16.1. The van der Waals surface area contributed by atoms with Crippen LogP contribution in [0, 0.1) is 11.7 Å². The van der Waals surface area contributed by atoms with Crippen molar-refractivity contribution < 1.29 is 9.18 Å². The van der Waals surface area contributed by atoms with E-state index in [0.717, 1.165) is 26.1 Å². The number of carbonyl (C=O) groups is 1. The summed E-state index contributed by atoms with van der Waals surface area (Å²) in [4.78, 5) is 14.5. The molecule has 2 aromatic rings. The van der Waals surface area contributed by atoms with Gasteiger partial charge in [0.25, 0.3) is 5.91 Å². The Kier molecular flexibility index (Phi) is 4.77. The van der Waals surface area contributed by atoms with E-state index in [1.165, 1.54) is 12.1 Å². The lowest BCUT2D eigenvalue weighted by atomic mass is 10.1. The molecular formula is C16H18BrFN4O. The van der Waals surface area contributed by atoms with E-state index >= 15 is 0 Å². The van der Waals surface area contributed by atoms with Crippen LogP contribution < -0.4 is 5.32 Å². The Hall–Kier alpha value is -1.73. The summed E-state index contributed by atoms with van der Waals surface area (Å²) in [6.45, 7) is 2.41. The molecule has 2 heterocycles. The molecule has 1 aromatic heterocycles. The third-order valence-corrected chi connectivity index (χ3v) is 4.61. The normalized spacial score (nSPS) is 17.7. The second-order valence-corrected chi connectivity index (χ2v) is 6.56. The van der Waals surface area contributed by atoms with Gasteiger partial charge in [-0.25, -0.2) is 9.07 Å². The first-order chi connectivity index (χ1) is 11.1. The summed E-state index contributed by atoms with van der Waals surface area (Å²) in [5.74, 6) is 0.113. The van der Waals surface area contributed by atoms with Gasteiger partial charge in [0, 0.05) is 19.3 Å². The van der Waals surface area contributed by atoms with Gasteiger partial charge in [-0.05, 0) is 66.1 Å². The van der Waals surface area contributed by atoms with Gasteiger partial charge in [0.1, 0.15) is 5.82 Å². The first-order valence-corrected chi connectivity index (χ1v) is 8.32. The van der Waals surface area contributed by atoms with Crippen LogP contribution in [0.4, 0.5) is 4.39 Å². The van der Waals surface area contributed by atoms with Gasteiger partial charge < -0.3 is 10.2 Å². The number of nitrogens with zero attached hydrogens (tertiary/aromatic N) is 3. The fraction of sp³-hybridized carbons (Fsp3) is 0.375. The standard InChI is InChI=1S/C16H18BrFN4O/c1-19-8-11-6-7-21(9-11)16(23)15-14(17)10-22(20-15)13-4-2-12(18)3-5-13/h2-5,10-11,19H,6-9H2,1H3. The third-order valence-electron chi connectivity index (χ3n) is 4.03. The van der Waals surface area contributed by atoms with Crippen LogP contribution in [0.15, 0.2) is 34.9 Å². The molecule has 1 fully saturated rings. The largest absolute Gasteiger partial charge is 0.337 e. The minimum atomic E-state index is -0.302. The third kappa shape index (κ3) is 3.45. The van der Waals surface area contributed by atoms with Crippen molar-refractivity contribution in [2.24, 2.45) is 5.92 Å². The molecule has 1 saturated heterocycles. The van der Waals surface area contributed by atoms with E-state index in [1.54, 1.807) is 23.0 Å². The van der Waals surface area contributed by atoms with Crippen LogP contribution in [0.5, 0.6) is 0 Å². The van der Waals surface area contributed by atoms with Crippen LogP contribution in [0.3, 0.4) is 0 Å². The lowest BCUT2D eigenvalue weighted by Gasteiger charge is -2.15. The number of benzene rings is 1. The number of rotatable bonds is 4. The fourth-order valence-corrected chi connectivity index (χ4v) is 3.29. The number of halogens is 2. The average molecular weight is 381 g/mol. The molecule has 0 radical (unpaired) electrons. The number of amides is 1. The van der Waals surface area contributed by atoms with Gasteiger partial charge in [-0.2, -0.15) is 5.10 Å². The number of aromatic nitrogens is 2. The van der Waals surface area contributed by atoms with E-state index in [2.05, 4.69) is 26.3 Å². The van der Waals surface area contributed by atoms with Crippen molar-refractivity contribution in [3.63, 3.8) is 0 Å². The molecule has 0 spiro atoms. The molecule has 1 aromatic carbocycles. The van der Waals surface area contributed by atoms with Gasteiger partial charge in [0.2, 0.25) is 0 Å². The highest BCUT2D eigenvalue weighted by atomic mass is 79.9. The molecular weight excluding hydrogens is 363 g/mol. The van der Waals surface area contributed by atoms with Gasteiger partial charge in [0.15, 0.2) is 5.69 Å². The van der Waals surface area contributed by atoms with E-state index in [9.17, 15) is 9.18 Å². The Morgan fingerprint density at radius 1 is 1.43 bits per heavy atom. The summed E-state index contributed by atoms with van der Waals surface area (Å²) in [6.07, 6.45) is 2.73. The Balaban J connectivity index is 1.78. The number of hydrogen-bond donors (Lipinski definition) is 1. The zero-order valence-corrected chi connectivity index (χ0v) is 14.4. The summed E-state index contributed by atoms with van der Waals surface area (Å²) in [5.41, 5.74) is 1.10. The predicted octanol–water partition coefficient (Wildman–Crippen LogP) is 2.46. The maximum Gasteiger partial charge on any atom is 0.275 e. The maximum absolute atomic E-state index is 13.0. The van der Waals surface area contributed by atoms with Crippen molar-refractivity contribution in [3.8, 4) is 5.69 Å². The molecule has 0 bridgehead atoms. The van der Waals surface area contributed by atoms with Gasteiger partial charge >= 0.3 is 0 Å². The molecule has 1 amide bonds. The highest BCUT2D eigenvalue weighted by Crippen LogP contribution is 2.23. The number of nitrogens with one attached hydrogen (secondary N) is 1.